The molecule has 2 aromatic heterocycles. The number of thiophene rings is 1. The van der Waals surface area contributed by atoms with Gasteiger partial charge in [0.1, 0.15) is 0 Å². The lowest BCUT2D eigenvalue weighted by Crippen LogP contribution is -2.43. The fourth-order valence-corrected chi connectivity index (χ4v) is 5.42. The summed E-state index contributed by atoms with van der Waals surface area (Å²) in [5.74, 6) is 1.74. The Morgan fingerprint density at radius 3 is 2.73 bits per heavy atom. The van der Waals surface area contributed by atoms with E-state index >= 15 is 0 Å². The zero-order valence-corrected chi connectivity index (χ0v) is 17.4. The number of amides is 2. The molecule has 0 radical (unpaired) electrons. The van der Waals surface area contributed by atoms with Crippen LogP contribution in [0.2, 0.25) is 0 Å². The summed E-state index contributed by atoms with van der Waals surface area (Å²) < 4.78 is 0. The molecule has 1 fully saturated rings. The Bertz CT molecular complexity index is 735. The Hall–Kier alpha value is -1.38. The van der Waals surface area contributed by atoms with Crippen molar-refractivity contribution in [2.75, 3.05) is 29.9 Å². The number of nitrogens with zero attached hydrogens (tertiary/aromatic N) is 2. The molecule has 1 aliphatic heterocycles. The molecule has 0 unspecified atom stereocenters. The fourth-order valence-electron chi connectivity index (χ4n) is 3.21. The number of aromatic nitrogens is 1. The van der Waals surface area contributed by atoms with E-state index in [1.807, 2.05) is 27.8 Å². The van der Waals surface area contributed by atoms with E-state index in [1.54, 1.807) is 11.3 Å². The summed E-state index contributed by atoms with van der Waals surface area (Å²) >= 11 is 4.41. The summed E-state index contributed by atoms with van der Waals surface area (Å²) in [6.45, 7) is 6.05. The molecule has 140 valence electrons. The molecule has 5 nitrogen and oxygen atoms in total. The van der Waals surface area contributed by atoms with Crippen molar-refractivity contribution in [3.05, 3.63) is 22.9 Å². The van der Waals surface area contributed by atoms with E-state index in [0.717, 1.165) is 23.7 Å². The van der Waals surface area contributed by atoms with Crippen LogP contribution in [0.1, 0.15) is 20.3 Å². The number of carbonyl (C=O) groups is 2. The molecular formula is C18H23N3O2S3. The van der Waals surface area contributed by atoms with Gasteiger partial charge < -0.3 is 10.2 Å². The maximum absolute atomic E-state index is 12.3. The third-order valence-electron chi connectivity index (χ3n) is 4.20. The normalized spacial score (nSPS) is 20.2. The van der Waals surface area contributed by atoms with Crippen molar-refractivity contribution in [2.45, 2.75) is 20.3 Å². The Labute approximate surface area is 166 Å². The molecule has 0 saturated carbocycles. The predicted molar refractivity (Wildman–Crippen MR) is 111 cm³/mol. The number of hydrogen-bond donors (Lipinski definition) is 1. The minimum Gasteiger partial charge on any atom is -0.341 e. The van der Waals surface area contributed by atoms with Crippen molar-refractivity contribution < 1.29 is 9.59 Å². The number of piperidine rings is 1. The molecule has 2 amide bonds. The first kappa shape index (κ1) is 19.4. The molecule has 26 heavy (non-hydrogen) atoms. The van der Waals surface area contributed by atoms with Crippen LogP contribution in [0, 0.1) is 11.8 Å². The number of hydrogen-bond acceptors (Lipinski definition) is 6. The average molecular weight is 410 g/mol. The number of rotatable bonds is 6. The number of likely N-dealkylation sites (tertiary alicyclic amines) is 1. The first-order valence-corrected chi connectivity index (χ1v) is 11.6. The zero-order valence-electron chi connectivity index (χ0n) is 14.9. The Balaban J connectivity index is 1.41. The molecule has 0 spiro atoms. The predicted octanol–water partition coefficient (Wildman–Crippen LogP) is 4.05. The van der Waals surface area contributed by atoms with Gasteiger partial charge in [-0.05, 0) is 29.7 Å². The van der Waals surface area contributed by atoms with Crippen LogP contribution in [0.15, 0.2) is 22.9 Å². The van der Waals surface area contributed by atoms with E-state index in [0.29, 0.717) is 22.7 Å². The average Bonchev–Trinajstić information content (AvgIpc) is 3.25. The lowest BCUT2D eigenvalue weighted by molar-refractivity contribution is -0.130. The molecule has 2 aromatic rings. The van der Waals surface area contributed by atoms with Crippen LogP contribution in [0.4, 0.5) is 5.13 Å². The zero-order chi connectivity index (χ0) is 18.5. The number of anilines is 1. The number of nitrogens with one attached hydrogen (secondary N) is 1. The van der Waals surface area contributed by atoms with E-state index in [2.05, 4.69) is 24.1 Å². The Morgan fingerprint density at radius 1 is 1.27 bits per heavy atom. The highest BCUT2D eigenvalue weighted by atomic mass is 32.2. The van der Waals surface area contributed by atoms with Gasteiger partial charge in [-0.25, -0.2) is 4.98 Å². The number of thiazole rings is 1. The molecule has 0 bridgehead atoms. The van der Waals surface area contributed by atoms with Crippen molar-refractivity contribution in [1.29, 1.82) is 0 Å². The standard InChI is InChI=1S/C18H23N3O2S3/c1-12-6-13(2)8-21(7-12)17(23)11-24-10-16(22)20-18-19-14(9-26-18)15-4-3-5-25-15/h3-5,9,12-13H,6-8,10-11H2,1-2H3,(H,19,20,22)/t12-,13-/m0/s1. The van der Waals surface area contributed by atoms with E-state index in [4.69, 9.17) is 0 Å². The quantitative estimate of drug-likeness (QED) is 0.782. The van der Waals surface area contributed by atoms with Gasteiger partial charge >= 0.3 is 0 Å². The van der Waals surface area contributed by atoms with Crippen LogP contribution >= 0.6 is 34.4 Å². The van der Waals surface area contributed by atoms with E-state index in [-0.39, 0.29) is 17.6 Å². The van der Waals surface area contributed by atoms with Gasteiger partial charge in [0, 0.05) is 18.5 Å². The van der Waals surface area contributed by atoms with Crippen LogP contribution in [0.25, 0.3) is 10.6 Å². The summed E-state index contributed by atoms with van der Waals surface area (Å²) in [6, 6.07) is 3.99. The van der Waals surface area contributed by atoms with Crippen molar-refractivity contribution in [1.82, 2.24) is 9.88 Å². The summed E-state index contributed by atoms with van der Waals surface area (Å²) in [4.78, 5) is 31.9. The molecule has 1 saturated heterocycles. The van der Waals surface area contributed by atoms with Crippen molar-refractivity contribution in [3.8, 4) is 10.6 Å². The molecule has 1 aliphatic rings. The largest absolute Gasteiger partial charge is 0.341 e. The third kappa shape index (κ3) is 5.31. The van der Waals surface area contributed by atoms with E-state index in [9.17, 15) is 9.59 Å². The molecule has 2 atom stereocenters. The van der Waals surface area contributed by atoms with Crippen molar-refractivity contribution in [2.24, 2.45) is 11.8 Å². The van der Waals surface area contributed by atoms with Crippen LogP contribution in [-0.2, 0) is 9.59 Å². The molecule has 1 N–H and O–H groups in total. The first-order chi connectivity index (χ1) is 12.5. The lowest BCUT2D eigenvalue weighted by Gasteiger charge is -2.35. The highest BCUT2D eigenvalue weighted by Crippen LogP contribution is 2.28. The Kier molecular flexibility index (Phi) is 6.72. The molecule has 3 heterocycles. The fraction of sp³-hybridized carbons (Fsp3) is 0.500. The summed E-state index contributed by atoms with van der Waals surface area (Å²) in [5.41, 5.74) is 0.886. The molecule has 0 aromatic carbocycles. The van der Waals surface area contributed by atoms with Crippen LogP contribution in [0.3, 0.4) is 0 Å². The lowest BCUT2D eigenvalue weighted by atomic mass is 9.92. The maximum atomic E-state index is 12.3. The topological polar surface area (TPSA) is 62.3 Å². The van der Waals surface area contributed by atoms with Gasteiger partial charge in [0.2, 0.25) is 11.8 Å². The Morgan fingerprint density at radius 2 is 2.04 bits per heavy atom. The first-order valence-electron chi connectivity index (χ1n) is 8.66. The van der Waals surface area contributed by atoms with Gasteiger partial charge in [0.05, 0.1) is 22.1 Å². The third-order valence-corrected chi connectivity index (χ3v) is 6.77. The van der Waals surface area contributed by atoms with Crippen LogP contribution in [-0.4, -0.2) is 46.3 Å². The van der Waals surface area contributed by atoms with Crippen molar-refractivity contribution >= 4 is 51.4 Å². The van der Waals surface area contributed by atoms with Gasteiger partial charge in [-0.1, -0.05) is 19.9 Å². The smallest absolute Gasteiger partial charge is 0.236 e. The van der Waals surface area contributed by atoms with E-state index < -0.39 is 0 Å². The van der Waals surface area contributed by atoms with Crippen molar-refractivity contribution in [3.63, 3.8) is 0 Å². The highest BCUT2D eigenvalue weighted by Gasteiger charge is 2.25. The highest BCUT2D eigenvalue weighted by molar-refractivity contribution is 8.00. The van der Waals surface area contributed by atoms with Gasteiger partial charge in [0.15, 0.2) is 5.13 Å². The monoisotopic (exact) mass is 409 g/mol. The summed E-state index contributed by atoms with van der Waals surface area (Å²) in [6.07, 6.45) is 1.18. The van der Waals surface area contributed by atoms with Crippen LogP contribution < -0.4 is 5.32 Å². The van der Waals surface area contributed by atoms with Gasteiger partial charge in [-0.15, -0.1) is 34.4 Å². The second kappa shape index (κ2) is 9.01. The molecule has 8 heteroatoms. The number of carbonyl (C=O) groups excluding carboxylic acids is 2. The van der Waals surface area contributed by atoms with Gasteiger partial charge in [-0.3, -0.25) is 9.59 Å². The SMILES string of the molecule is C[C@H]1C[C@H](C)CN(C(=O)CSCC(=O)Nc2nc(-c3cccs3)cs2)C1. The maximum Gasteiger partial charge on any atom is 0.236 e. The minimum atomic E-state index is -0.116. The second-order valence-electron chi connectivity index (χ2n) is 6.80. The van der Waals surface area contributed by atoms with Gasteiger partial charge in [-0.2, -0.15) is 0 Å². The molecular weight excluding hydrogens is 386 g/mol. The van der Waals surface area contributed by atoms with Crippen LogP contribution in [0.5, 0.6) is 0 Å². The molecule has 0 aliphatic carbocycles. The minimum absolute atomic E-state index is 0.116. The number of thioether (sulfide) groups is 1. The van der Waals surface area contributed by atoms with Gasteiger partial charge in [0.25, 0.3) is 0 Å². The summed E-state index contributed by atoms with van der Waals surface area (Å²) in [7, 11) is 0. The van der Waals surface area contributed by atoms with E-state index in [1.165, 1.54) is 29.5 Å². The second-order valence-corrected chi connectivity index (χ2v) is 9.59. The molecule has 3 rings (SSSR count). The summed E-state index contributed by atoms with van der Waals surface area (Å²) in [5, 5.41) is 7.37.